The third-order valence-electron chi connectivity index (χ3n) is 1.41. The van der Waals surface area contributed by atoms with Gasteiger partial charge in [0.1, 0.15) is 5.60 Å². The van der Waals surface area contributed by atoms with Crippen LogP contribution in [-0.4, -0.2) is 23.8 Å². The van der Waals surface area contributed by atoms with E-state index in [9.17, 15) is 4.79 Å². The van der Waals surface area contributed by atoms with Crippen molar-refractivity contribution < 1.29 is 14.6 Å². The molecule has 0 fully saturated rings. The minimum Gasteiger partial charge on any atom is -0.456 e. The summed E-state index contributed by atoms with van der Waals surface area (Å²) in [5.74, 6) is -0.270. The third kappa shape index (κ3) is 5.86. The molecule has 1 N–H and O–H groups in total. The van der Waals surface area contributed by atoms with Gasteiger partial charge < -0.3 is 9.84 Å². The molecule has 0 aliphatic carbocycles. The summed E-state index contributed by atoms with van der Waals surface area (Å²) in [5, 5.41) is 7.00. The molecule has 0 saturated heterocycles. The van der Waals surface area contributed by atoms with Crippen molar-refractivity contribution in [2.75, 3.05) is 7.11 Å². The van der Waals surface area contributed by atoms with Gasteiger partial charge in [0.2, 0.25) is 0 Å². The number of aliphatic hydroxyl groups is 1. The first kappa shape index (κ1) is 13.7. The molecule has 0 radical (unpaired) electrons. The van der Waals surface area contributed by atoms with Crippen LogP contribution in [0.2, 0.25) is 0 Å². The molecule has 0 bridgehead atoms. The summed E-state index contributed by atoms with van der Waals surface area (Å²) in [6.07, 6.45) is 0. The molecule has 0 spiro atoms. The number of aliphatic hydroxyl groups excluding tert-OH is 1. The fourth-order valence-corrected chi connectivity index (χ4v) is 0.911. The van der Waals surface area contributed by atoms with E-state index in [4.69, 9.17) is 9.84 Å². The molecule has 3 nitrogen and oxygen atoms in total. The lowest BCUT2D eigenvalue weighted by molar-refractivity contribution is 0.00695. The van der Waals surface area contributed by atoms with Crippen LogP contribution in [0.3, 0.4) is 0 Å². The Kier molecular flexibility index (Phi) is 5.64. The second-order valence-corrected chi connectivity index (χ2v) is 3.87. The quantitative estimate of drug-likeness (QED) is 0.723. The largest absolute Gasteiger partial charge is 0.456 e. The van der Waals surface area contributed by atoms with Crippen LogP contribution in [0, 0.1) is 0 Å². The van der Waals surface area contributed by atoms with Crippen molar-refractivity contribution in [1.82, 2.24) is 0 Å². The van der Waals surface area contributed by atoms with Crippen molar-refractivity contribution in [3.63, 3.8) is 0 Å². The van der Waals surface area contributed by atoms with Crippen molar-refractivity contribution in [3.8, 4) is 0 Å². The van der Waals surface area contributed by atoms with Crippen LogP contribution in [0.15, 0.2) is 30.3 Å². The first-order valence-corrected chi connectivity index (χ1v) is 4.72. The van der Waals surface area contributed by atoms with E-state index in [0.717, 1.165) is 7.11 Å². The van der Waals surface area contributed by atoms with E-state index in [1.165, 1.54) is 0 Å². The molecule has 0 aromatic heterocycles. The van der Waals surface area contributed by atoms with E-state index in [1.54, 1.807) is 12.1 Å². The maximum absolute atomic E-state index is 11.4. The Balaban J connectivity index is 0.000000921. The highest BCUT2D eigenvalue weighted by Gasteiger charge is 2.16. The van der Waals surface area contributed by atoms with Crippen LogP contribution in [0.5, 0.6) is 0 Å². The van der Waals surface area contributed by atoms with E-state index < -0.39 is 5.60 Å². The fraction of sp³-hybridized carbons (Fsp3) is 0.417. The highest BCUT2D eigenvalue weighted by atomic mass is 16.6. The summed E-state index contributed by atoms with van der Waals surface area (Å²) >= 11 is 0. The molecule has 1 rings (SSSR count). The minimum absolute atomic E-state index is 0.270. The second kappa shape index (κ2) is 6.19. The summed E-state index contributed by atoms with van der Waals surface area (Å²) in [7, 11) is 1.00. The normalized spacial score (nSPS) is 9.93. The molecular formula is C12H18O3. The van der Waals surface area contributed by atoms with Gasteiger partial charge in [-0.25, -0.2) is 4.79 Å². The smallest absolute Gasteiger partial charge is 0.338 e. The summed E-state index contributed by atoms with van der Waals surface area (Å²) in [6, 6.07) is 8.99. The first-order chi connectivity index (χ1) is 6.99. The molecular weight excluding hydrogens is 192 g/mol. The zero-order valence-electron chi connectivity index (χ0n) is 9.65. The van der Waals surface area contributed by atoms with E-state index in [-0.39, 0.29) is 5.97 Å². The third-order valence-corrected chi connectivity index (χ3v) is 1.41. The van der Waals surface area contributed by atoms with Gasteiger partial charge >= 0.3 is 5.97 Å². The van der Waals surface area contributed by atoms with E-state index in [0.29, 0.717) is 5.56 Å². The Bertz CT molecular complexity index is 285. The Morgan fingerprint density at radius 1 is 1.13 bits per heavy atom. The van der Waals surface area contributed by atoms with Crippen LogP contribution >= 0.6 is 0 Å². The number of rotatable bonds is 1. The second-order valence-electron chi connectivity index (χ2n) is 3.87. The number of carbonyl (C=O) groups excluding carboxylic acids is 1. The first-order valence-electron chi connectivity index (χ1n) is 4.72. The maximum atomic E-state index is 11.4. The molecule has 1 aromatic carbocycles. The topological polar surface area (TPSA) is 46.5 Å². The Morgan fingerprint density at radius 3 is 2.00 bits per heavy atom. The van der Waals surface area contributed by atoms with Crippen LogP contribution in [-0.2, 0) is 4.74 Å². The lowest BCUT2D eigenvalue weighted by atomic mass is 10.2. The van der Waals surface area contributed by atoms with Gasteiger partial charge in [-0.05, 0) is 32.9 Å². The minimum atomic E-state index is -0.424. The predicted octanol–water partition coefficient (Wildman–Crippen LogP) is 2.25. The van der Waals surface area contributed by atoms with Gasteiger partial charge in [0.25, 0.3) is 0 Å². The number of benzene rings is 1. The predicted molar refractivity (Wildman–Crippen MR) is 59.8 cm³/mol. The molecule has 1 aromatic rings. The molecule has 0 saturated carbocycles. The monoisotopic (exact) mass is 210 g/mol. The van der Waals surface area contributed by atoms with Gasteiger partial charge in [0.15, 0.2) is 0 Å². The summed E-state index contributed by atoms with van der Waals surface area (Å²) < 4.78 is 5.18. The molecule has 0 heterocycles. The van der Waals surface area contributed by atoms with Crippen molar-refractivity contribution in [2.24, 2.45) is 0 Å². The molecule has 0 aliphatic rings. The number of esters is 1. The number of hydrogen-bond donors (Lipinski definition) is 1. The maximum Gasteiger partial charge on any atom is 0.338 e. The fourth-order valence-electron chi connectivity index (χ4n) is 0.911. The highest BCUT2D eigenvalue weighted by molar-refractivity contribution is 5.89. The summed E-state index contributed by atoms with van der Waals surface area (Å²) in [4.78, 5) is 11.4. The van der Waals surface area contributed by atoms with Gasteiger partial charge in [0, 0.05) is 7.11 Å². The number of hydrogen-bond acceptors (Lipinski definition) is 3. The zero-order valence-corrected chi connectivity index (χ0v) is 9.65. The molecule has 15 heavy (non-hydrogen) atoms. The SMILES string of the molecule is CC(C)(C)OC(=O)c1ccccc1.CO. The molecule has 0 amide bonds. The van der Waals surface area contributed by atoms with Gasteiger partial charge in [-0.15, -0.1) is 0 Å². The van der Waals surface area contributed by atoms with Crippen LogP contribution in [0.4, 0.5) is 0 Å². The van der Waals surface area contributed by atoms with Gasteiger partial charge in [-0.3, -0.25) is 0 Å². The molecule has 0 aliphatic heterocycles. The lowest BCUT2D eigenvalue weighted by Crippen LogP contribution is -2.23. The Morgan fingerprint density at radius 2 is 1.60 bits per heavy atom. The molecule has 84 valence electrons. The lowest BCUT2D eigenvalue weighted by Gasteiger charge is -2.19. The average Bonchev–Trinajstić information content (AvgIpc) is 2.20. The Hall–Kier alpha value is -1.35. The molecule has 3 heteroatoms. The van der Waals surface area contributed by atoms with Crippen molar-refractivity contribution in [3.05, 3.63) is 35.9 Å². The van der Waals surface area contributed by atoms with Crippen LogP contribution < -0.4 is 0 Å². The molecule has 0 atom stereocenters. The molecule has 0 unspecified atom stereocenters. The van der Waals surface area contributed by atoms with Crippen LogP contribution in [0.25, 0.3) is 0 Å². The van der Waals surface area contributed by atoms with Crippen molar-refractivity contribution >= 4 is 5.97 Å². The van der Waals surface area contributed by atoms with Gasteiger partial charge in [-0.1, -0.05) is 18.2 Å². The standard InChI is InChI=1S/C11H14O2.CH4O/c1-11(2,3)13-10(12)9-7-5-4-6-8-9;1-2/h4-8H,1-3H3;2H,1H3. The number of carbonyl (C=O) groups is 1. The Labute approximate surface area is 90.7 Å². The summed E-state index contributed by atoms with van der Waals surface area (Å²) in [6.45, 7) is 5.56. The summed E-state index contributed by atoms with van der Waals surface area (Å²) in [5.41, 5.74) is 0.171. The van der Waals surface area contributed by atoms with E-state index >= 15 is 0 Å². The van der Waals surface area contributed by atoms with Gasteiger partial charge in [-0.2, -0.15) is 0 Å². The van der Waals surface area contributed by atoms with E-state index in [1.807, 2.05) is 39.0 Å². The highest BCUT2D eigenvalue weighted by Crippen LogP contribution is 2.11. The van der Waals surface area contributed by atoms with Crippen molar-refractivity contribution in [2.45, 2.75) is 26.4 Å². The van der Waals surface area contributed by atoms with Gasteiger partial charge in [0.05, 0.1) is 5.56 Å². The van der Waals surface area contributed by atoms with Crippen molar-refractivity contribution in [1.29, 1.82) is 0 Å². The van der Waals surface area contributed by atoms with E-state index in [2.05, 4.69) is 0 Å². The average molecular weight is 210 g/mol. The van der Waals surface area contributed by atoms with Crippen LogP contribution in [0.1, 0.15) is 31.1 Å². The zero-order chi connectivity index (χ0) is 11.9. The number of ether oxygens (including phenoxy) is 1.